The lowest BCUT2D eigenvalue weighted by atomic mass is 10.0. The number of nitrogens with zero attached hydrogens (tertiary/aromatic N) is 1. The molecule has 2 heteroatoms. The van der Waals surface area contributed by atoms with Gasteiger partial charge in [0.1, 0.15) is 0 Å². The second kappa shape index (κ2) is 5.35. The van der Waals surface area contributed by atoms with Gasteiger partial charge in [-0.3, -0.25) is 0 Å². The summed E-state index contributed by atoms with van der Waals surface area (Å²) in [6, 6.07) is 16.9. The zero-order valence-electron chi connectivity index (χ0n) is 11.2. The third kappa shape index (κ3) is 2.58. The van der Waals surface area contributed by atoms with Crippen LogP contribution in [0.3, 0.4) is 0 Å². The van der Waals surface area contributed by atoms with E-state index in [0.29, 0.717) is 0 Å². The Hall–Kier alpha value is -1.96. The van der Waals surface area contributed by atoms with Crippen molar-refractivity contribution >= 4 is 11.4 Å². The van der Waals surface area contributed by atoms with E-state index in [1.54, 1.807) is 0 Å². The highest BCUT2D eigenvalue weighted by Gasteiger charge is 2.15. The molecule has 1 aliphatic rings. The van der Waals surface area contributed by atoms with Crippen LogP contribution >= 0.6 is 0 Å². The minimum absolute atomic E-state index is 0.910. The standard InChI is InChI=1S/C17H20N2/c18-16-9-3-1-6-14(16)11-13-19-12-5-8-15-7-2-4-10-17(15)19/h1-4,6-7,9-10H,5,8,11-13,18H2. The van der Waals surface area contributed by atoms with E-state index in [1.807, 2.05) is 12.1 Å². The highest BCUT2D eigenvalue weighted by molar-refractivity contribution is 5.56. The Bertz CT molecular complexity index is 563. The van der Waals surface area contributed by atoms with Crippen LogP contribution in [0.2, 0.25) is 0 Å². The van der Waals surface area contributed by atoms with Crippen molar-refractivity contribution in [3.05, 3.63) is 59.7 Å². The van der Waals surface area contributed by atoms with Gasteiger partial charge in [0.2, 0.25) is 0 Å². The number of hydrogen-bond donors (Lipinski definition) is 1. The maximum Gasteiger partial charge on any atom is 0.0398 e. The largest absolute Gasteiger partial charge is 0.399 e. The van der Waals surface area contributed by atoms with E-state index in [0.717, 1.165) is 25.2 Å². The molecule has 2 N–H and O–H groups in total. The third-order valence-electron chi connectivity index (χ3n) is 3.91. The number of nitrogens with two attached hydrogens (primary N) is 1. The van der Waals surface area contributed by atoms with E-state index in [1.165, 1.54) is 29.7 Å². The van der Waals surface area contributed by atoms with Gasteiger partial charge in [-0.2, -0.15) is 0 Å². The summed E-state index contributed by atoms with van der Waals surface area (Å²) in [4.78, 5) is 2.49. The molecule has 0 aromatic heterocycles. The Labute approximate surface area is 114 Å². The molecule has 0 amide bonds. The quantitative estimate of drug-likeness (QED) is 0.850. The van der Waals surface area contributed by atoms with Gasteiger partial charge in [-0.25, -0.2) is 0 Å². The van der Waals surface area contributed by atoms with Crippen molar-refractivity contribution in [1.82, 2.24) is 0 Å². The molecule has 2 nitrogen and oxygen atoms in total. The molecule has 2 aromatic carbocycles. The molecule has 1 heterocycles. The smallest absolute Gasteiger partial charge is 0.0398 e. The molecular formula is C17H20N2. The SMILES string of the molecule is Nc1ccccc1CCN1CCCc2ccccc21. The molecule has 0 saturated heterocycles. The van der Waals surface area contributed by atoms with Gasteiger partial charge in [0.15, 0.2) is 0 Å². The van der Waals surface area contributed by atoms with E-state index in [-0.39, 0.29) is 0 Å². The first-order chi connectivity index (χ1) is 9.34. The summed E-state index contributed by atoms with van der Waals surface area (Å²) in [6.45, 7) is 2.20. The molecular weight excluding hydrogens is 232 g/mol. The summed E-state index contributed by atoms with van der Waals surface area (Å²) < 4.78 is 0. The fourth-order valence-corrected chi connectivity index (χ4v) is 2.86. The summed E-state index contributed by atoms with van der Waals surface area (Å²) in [6.07, 6.45) is 3.47. The normalized spacial score (nSPS) is 14.2. The van der Waals surface area contributed by atoms with Crippen molar-refractivity contribution < 1.29 is 0 Å². The van der Waals surface area contributed by atoms with Crippen LogP contribution in [0, 0.1) is 0 Å². The van der Waals surface area contributed by atoms with Gasteiger partial charge < -0.3 is 10.6 Å². The topological polar surface area (TPSA) is 29.3 Å². The minimum atomic E-state index is 0.910. The van der Waals surface area contributed by atoms with Crippen molar-refractivity contribution in [2.45, 2.75) is 19.3 Å². The minimum Gasteiger partial charge on any atom is -0.399 e. The molecule has 2 aromatic rings. The summed E-state index contributed by atoms with van der Waals surface area (Å²) >= 11 is 0. The van der Waals surface area contributed by atoms with E-state index in [9.17, 15) is 0 Å². The number of hydrogen-bond acceptors (Lipinski definition) is 2. The Morgan fingerprint density at radius 1 is 1.00 bits per heavy atom. The molecule has 98 valence electrons. The molecule has 0 bridgehead atoms. The molecule has 0 aliphatic carbocycles. The predicted octanol–water partition coefficient (Wildman–Crippen LogP) is 3.26. The number of fused-ring (bicyclic) bond motifs is 1. The summed E-state index contributed by atoms with van der Waals surface area (Å²) in [5.74, 6) is 0. The van der Waals surface area contributed by atoms with Crippen LogP contribution in [0.4, 0.5) is 11.4 Å². The van der Waals surface area contributed by atoms with Crippen LogP contribution in [-0.4, -0.2) is 13.1 Å². The van der Waals surface area contributed by atoms with E-state index in [4.69, 9.17) is 5.73 Å². The molecule has 19 heavy (non-hydrogen) atoms. The van der Waals surface area contributed by atoms with Crippen LogP contribution in [0.5, 0.6) is 0 Å². The van der Waals surface area contributed by atoms with Gasteiger partial charge in [0.25, 0.3) is 0 Å². The van der Waals surface area contributed by atoms with Gasteiger partial charge in [0, 0.05) is 24.5 Å². The number of benzene rings is 2. The molecule has 0 saturated carbocycles. The second-order valence-electron chi connectivity index (χ2n) is 5.17. The lowest BCUT2D eigenvalue weighted by molar-refractivity contribution is 0.688. The first kappa shape index (κ1) is 12.1. The van der Waals surface area contributed by atoms with Crippen LogP contribution in [0.15, 0.2) is 48.5 Å². The van der Waals surface area contributed by atoms with Crippen molar-refractivity contribution in [3.8, 4) is 0 Å². The van der Waals surface area contributed by atoms with E-state index >= 15 is 0 Å². The molecule has 0 unspecified atom stereocenters. The van der Waals surface area contributed by atoms with E-state index in [2.05, 4.69) is 41.3 Å². The molecule has 1 aliphatic heterocycles. The summed E-state index contributed by atoms with van der Waals surface area (Å²) in [5, 5.41) is 0. The number of para-hydroxylation sites is 2. The molecule has 0 radical (unpaired) electrons. The van der Waals surface area contributed by atoms with Gasteiger partial charge in [-0.1, -0.05) is 36.4 Å². The maximum absolute atomic E-state index is 6.01. The Morgan fingerprint density at radius 3 is 2.68 bits per heavy atom. The first-order valence-electron chi connectivity index (χ1n) is 7.01. The molecule has 0 atom stereocenters. The summed E-state index contributed by atoms with van der Waals surface area (Å²) in [7, 11) is 0. The number of aryl methyl sites for hydroxylation is 1. The van der Waals surface area contributed by atoms with Crippen molar-refractivity contribution in [2.24, 2.45) is 0 Å². The highest BCUT2D eigenvalue weighted by atomic mass is 15.1. The average molecular weight is 252 g/mol. The maximum atomic E-state index is 6.01. The summed E-state index contributed by atoms with van der Waals surface area (Å²) in [5.41, 5.74) is 11.1. The highest BCUT2D eigenvalue weighted by Crippen LogP contribution is 2.27. The third-order valence-corrected chi connectivity index (χ3v) is 3.91. The lowest BCUT2D eigenvalue weighted by Crippen LogP contribution is -2.31. The number of rotatable bonds is 3. The van der Waals surface area contributed by atoms with Crippen LogP contribution in [0.25, 0.3) is 0 Å². The Morgan fingerprint density at radius 2 is 1.79 bits per heavy atom. The Kier molecular flexibility index (Phi) is 3.41. The molecule has 3 rings (SSSR count). The van der Waals surface area contributed by atoms with Gasteiger partial charge in [0.05, 0.1) is 0 Å². The van der Waals surface area contributed by atoms with Crippen LogP contribution in [0.1, 0.15) is 17.5 Å². The van der Waals surface area contributed by atoms with Gasteiger partial charge in [-0.05, 0) is 42.5 Å². The second-order valence-corrected chi connectivity index (χ2v) is 5.17. The lowest BCUT2D eigenvalue weighted by Gasteiger charge is -2.31. The zero-order chi connectivity index (χ0) is 13.1. The molecule has 0 spiro atoms. The number of nitrogen functional groups attached to an aromatic ring is 1. The van der Waals surface area contributed by atoms with Crippen molar-refractivity contribution in [2.75, 3.05) is 23.7 Å². The fourth-order valence-electron chi connectivity index (χ4n) is 2.86. The molecule has 0 fully saturated rings. The predicted molar refractivity (Wildman–Crippen MR) is 81.5 cm³/mol. The van der Waals surface area contributed by atoms with Crippen molar-refractivity contribution in [3.63, 3.8) is 0 Å². The monoisotopic (exact) mass is 252 g/mol. The van der Waals surface area contributed by atoms with Crippen LogP contribution in [-0.2, 0) is 12.8 Å². The first-order valence-corrected chi connectivity index (χ1v) is 7.01. The van der Waals surface area contributed by atoms with Crippen molar-refractivity contribution in [1.29, 1.82) is 0 Å². The van der Waals surface area contributed by atoms with Gasteiger partial charge in [-0.15, -0.1) is 0 Å². The van der Waals surface area contributed by atoms with E-state index < -0.39 is 0 Å². The van der Waals surface area contributed by atoms with Gasteiger partial charge >= 0.3 is 0 Å². The zero-order valence-corrected chi connectivity index (χ0v) is 11.2. The Balaban J connectivity index is 1.73. The average Bonchev–Trinajstić information content (AvgIpc) is 2.46. The number of anilines is 2. The fraction of sp³-hybridized carbons (Fsp3) is 0.294. The van der Waals surface area contributed by atoms with Crippen LogP contribution < -0.4 is 10.6 Å².